The van der Waals surface area contributed by atoms with Crippen LogP contribution in [-0.4, -0.2) is 25.9 Å². The van der Waals surface area contributed by atoms with E-state index in [0.29, 0.717) is 19.3 Å². The number of hydrogen-bond acceptors (Lipinski definition) is 4. The quantitative estimate of drug-likeness (QED) is 0.603. The van der Waals surface area contributed by atoms with Gasteiger partial charge in [-0.15, -0.1) is 0 Å². The first-order valence-corrected chi connectivity index (χ1v) is 10.4. The molecule has 0 radical (unpaired) electrons. The lowest BCUT2D eigenvalue weighted by atomic mass is 10.1. The first kappa shape index (κ1) is 20.2. The monoisotopic (exact) mass is 433 g/mol. The second kappa shape index (κ2) is 10.1. The summed E-state index contributed by atoms with van der Waals surface area (Å²) < 4.78 is 18.5. The lowest BCUT2D eigenvalue weighted by Crippen LogP contribution is -2.25. The number of halogens is 1. The fraction of sp³-hybridized carbons (Fsp3) is 0.455. The summed E-state index contributed by atoms with van der Waals surface area (Å²) in [6.45, 7) is 7.74. The van der Waals surface area contributed by atoms with Gasteiger partial charge in [0.05, 0.1) is 17.2 Å². The van der Waals surface area contributed by atoms with Crippen LogP contribution >= 0.6 is 15.9 Å². The molecule has 1 heterocycles. The van der Waals surface area contributed by atoms with Crippen molar-refractivity contribution in [1.82, 2.24) is 5.32 Å². The topological polar surface area (TPSA) is 39.7 Å². The van der Waals surface area contributed by atoms with Gasteiger partial charge in [0.1, 0.15) is 6.61 Å². The van der Waals surface area contributed by atoms with E-state index in [2.05, 4.69) is 52.4 Å². The molecule has 1 N–H and O–H groups in total. The van der Waals surface area contributed by atoms with Gasteiger partial charge in [-0.25, -0.2) is 0 Å². The zero-order valence-corrected chi connectivity index (χ0v) is 17.7. The van der Waals surface area contributed by atoms with Crippen LogP contribution in [0.4, 0.5) is 0 Å². The Labute approximate surface area is 170 Å². The summed E-state index contributed by atoms with van der Waals surface area (Å²) in [7, 11) is 0. The van der Waals surface area contributed by atoms with E-state index in [1.807, 2.05) is 19.1 Å². The van der Waals surface area contributed by atoms with Crippen LogP contribution in [0.25, 0.3) is 0 Å². The Hall–Kier alpha value is -1.56. The maximum atomic E-state index is 6.12. The standard InChI is InChI=1S/C22H28BrNO3/c1-3-25-21-12-17(13-24-14-19-9-6-10-26-19)11-20(23)22(21)27-15-18-8-5-4-7-16(18)2/h4-5,7-8,11-12,19,24H,3,6,9-10,13-15H2,1-2H3. The predicted octanol–water partition coefficient (Wildman–Crippen LogP) is 5.00. The molecule has 3 rings (SSSR count). The fourth-order valence-electron chi connectivity index (χ4n) is 3.23. The molecule has 0 aliphatic carbocycles. The highest BCUT2D eigenvalue weighted by Crippen LogP contribution is 2.37. The minimum absolute atomic E-state index is 0.344. The molecule has 0 aromatic heterocycles. The molecule has 1 aliphatic heterocycles. The molecule has 146 valence electrons. The summed E-state index contributed by atoms with van der Waals surface area (Å²) in [5.41, 5.74) is 3.56. The molecule has 1 saturated heterocycles. The second-order valence-corrected chi connectivity index (χ2v) is 7.67. The highest BCUT2D eigenvalue weighted by Gasteiger charge is 2.16. The molecule has 1 atom stereocenters. The molecule has 2 aromatic carbocycles. The molecule has 0 saturated carbocycles. The van der Waals surface area contributed by atoms with Crippen molar-refractivity contribution < 1.29 is 14.2 Å². The lowest BCUT2D eigenvalue weighted by Gasteiger charge is -2.17. The van der Waals surface area contributed by atoms with Gasteiger partial charge in [0.15, 0.2) is 11.5 Å². The Kier molecular flexibility index (Phi) is 7.56. The summed E-state index contributed by atoms with van der Waals surface area (Å²) in [5, 5.41) is 3.48. The van der Waals surface area contributed by atoms with Crippen molar-refractivity contribution in [2.45, 2.75) is 45.9 Å². The molecule has 0 spiro atoms. The summed E-state index contributed by atoms with van der Waals surface area (Å²) in [6, 6.07) is 12.4. The van der Waals surface area contributed by atoms with Crippen LogP contribution in [0.2, 0.25) is 0 Å². The molecule has 1 fully saturated rings. The smallest absolute Gasteiger partial charge is 0.175 e. The van der Waals surface area contributed by atoms with Gasteiger partial charge in [0, 0.05) is 19.7 Å². The average Bonchev–Trinajstić information content (AvgIpc) is 3.16. The van der Waals surface area contributed by atoms with Crippen molar-refractivity contribution in [3.63, 3.8) is 0 Å². The Balaban J connectivity index is 1.66. The Bertz CT molecular complexity index is 744. The van der Waals surface area contributed by atoms with E-state index in [-0.39, 0.29) is 0 Å². The highest BCUT2D eigenvalue weighted by atomic mass is 79.9. The fourth-order valence-corrected chi connectivity index (χ4v) is 3.84. The minimum Gasteiger partial charge on any atom is -0.490 e. The van der Waals surface area contributed by atoms with Gasteiger partial charge in [-0.2, -0.15) is 0 Å². The van der Waals surface area contributed by atoms with Gasteiger partial charge >= 0.3 is 0 Å². The van der Waals surface area contributed by atoms with Crippen LogP contribution in [0.3, 0.4) is 0 Å². The molecule has 0 bridgehead atoms. The van der Waals surface area contributed by atoms with E-state index >= 15 is 0 Å². The van der Waals surface area contributed by atoms with E-state index < -0.39 is 0 Å². The molecule has 1 aliphatic rings. The van der Waals surface area contributed by atoms with Gasteiger partial charge in [0.2, 0.25) is 0 Å². The van der Waals surface area contributed by atoms with Gasteiger partial charge in [-0.05, 0) is 71.4 Å². The molecule has 2 aromatic rings. The number of aryl methyl sites for hydroxylation is 1. The predicted molar refractivity (Wildman–Crippen MR) is 112 cm³/mol. The molecule has 1 unspecified atom stereocenters. The van der Waals surface area contributed by atoms with E-state index in [4.69, 9.17) is 14.2 Å². The van der Waals surface area contributed by atoms with E-state index in [1.54, 1.807) is 0 Å². The van der Waals surface area contributed by atoms with Crippen molar-refractivity contribution in [2.75, 3.05) is 19.8 Å². The van der Waals surface area contributed by atoms with Crippen LogP contribution < -0.4 is 14.8 Å². The Morgan fingerprint density at radius 3 is 2.81 bits per heavy atom. The zero-order valence-electron chi connectivity index (χ0n) is 16.1. The maximum Gasteiger partial charge on any atom is 0.175 e. The molecule has 5 heteroatoms. The SMILES string of the molecule is CCOc1cc(CNCC2CCCO2)cc(Br)c1OCc1ccccc1C. The van der Waals surface area contributed by atoms with Crippen LogP contribution in [0.1, 0.15) is 36.5 Å². The van der Waals surface area contributed by atoms with Crippen molar-refractivity contribution in [3.05, 3.63) is 57.6 Å². The third-order valence-electron chi connectivity index (χ3n) is 4.73. The molecule has 4 nitrogen and oxygen atoms in total. The third kappa shape index (κ3) is 5.71. The maximum absolute atomic E-state index is 6.12. The summed E-state index contributed by atoms with van der Waals surface area (Å²) in [4.78, 5) is 0. The zero-order chi connectivity index (χ0) is 19.1. The van der Waals surface area contributed by atoms with E-state index in [0.717, 1.165) is 47.7 Å². The summed E-state index contributed by atoms with van der Waals surface area (Å²) >= 11 is 3.66. The summed E-state index contributed by atoms with van der Waals surface area (Å²) in [5.74, 6) is 1.53. The summed E-state index contributed by atoms with van der Waals surface area (Å²) in [6.07, 6.45) is 2.66. The number of nitrogens with one attached hydrogen (secondary N) is 1. The van der Waals surface area contributed by atoms with Crippen LogP contribution in [0.15, 0.2) is 40.9 Å². The molecular weight excluding hydrogens is 406 g/mol. The first-order chi connectivity index (χ1) is 13.2. The second-order valence-electron chi connectivity index (χ2n) is 6.82. The average molecular weight is 434 g/mol. The third-order valence-corrected chi connectivity index (χ3v) is 5.32. The van der Waals surface area contributed by atoms with Gasteiger partial charge in [0.25, 0.3) is 0 Å². The van der Waals surface area contributed by atoms with Crippen LogP contribution in [0.5, 0.6) is 11.5 Å². The van der Waals surface area contributed by atoms with Gasteiger partial charge < -0.3 is 19.5 Å². The largest absolute Gasteiger partial charge is 0.490 e. The van der Waals surface area contributed by atoms with Crippen molar-refractivity contribution >= 4 is 15.9 Å². The number of hydrogen-bond donors (Lipinski definition) is 1. The van der Waals surface area contributed by atoms with E-state index in [1.165, 1.54) is 17.5 Å². The molecule has 27 heavy (non-hydrogen) atoms. The number of ether oxygens (including phenoxy) is 3. The normalized spacial score (nSPS) is 16.5. The number of rotatable bonds is 9. The molecule has 0 amide bonds. The van der Waals surface area contributed by atoms with Gasteiger partial charge in [-0.1, -0.05) is 24.3 Å². The molecular formula is C22H28BrNO3. The van der Waals surface area contributed by atoms with Crippen LogP contribution in [0, 0.1) is 6.92 Å². The lowest BCUT2D eigenvalue weighted by molar-refractivity contribution is 0.110. The highest BCUT2D eigenvalue weighted by molar-refractivity contribution is 9.10. The van der Waals surface area contributed by atoms with Gasteiger partial charge in [-0.3, -0.25) is 0 Å². The first-order valence-electron chi connectivity index (χ1n) is 9.62. The van der Waals surface area contributed by atoms with Crippen molar-refractivity contribution in [3.8, 4) is 11.5 Å². The number of benzene rings is 2. The van der Waals surface area contributed by atoms with Crippen LogP contribution in [-0.2, 0) is 17.9 Å². The van der Waals surface area contributed by atoms with Crippen molar-refractivity contribution in [1.29, 1.82) is 0 Å². The minimum atomic E-state index is 0.344. The Morgan fingerprint density at radius 1 is 1.22 bits per heavy atom. The van der Waals surface area contributed by atoms with E-state index in [9.17, 15) is 0 Å². The Morgan fingerprint density at radius 2 is 2.07 bits per heavy atom. The van der Waals surface area contributed by atoms with Crippen molar-refractivity contribution in [2.24, 2.45) is 0 Å².